The average molecular weight is 288 g/mol. The first-order valence-corrected chi connectivity index (χ1v) is 7.94. The van der Waals surface area contributed by atoms with Crippen molar-refractivity contribution in [3.8, 4) is 5.75 Å². The molecular weight excluding hydrogens is 268 g/mol. The largest absolute Gasteiger partial charge is 0.507 e. The van der Waals surface area contributed by atoms with E-state index in [9.17, 15) is 13.5 Å². The molecular formula is C13H20O5S. The summed E-state index contributed by atoms with van der Waals surface area (Å²) in [6, 6.07) is 5.36. The summed E-state index contributed by atoms with van der Waals surface area (Å²) in [6.45, 7) is 1.23. The number of phenolic OH excluding ortho intramolecular Hbond substituents is 1. The first-order valence-electron chi connectivity index (χ1n) is 6.12. The molecule has 1 unspecified atom stereocenters. The van der Waals surface area contributed by atoms with Gasteiger partial charge in [-0.3, -0.25) is 0 Å². The number of benzene rings is 1. The molecule has 19 heavy (non-hydrogen) atoms. The Morgan fingerprint density at radius 3 is 2.63 bits per heavy atom. The third-order valence-electron chi connectivity index (χ3n) is 2.88. The number of sulfone groups is 1. The molecule has 0 saturated heterocycles. The van der Waals surface area contributed by atoms with Crippen LogP contribution in [0.5, 0.6) is 5.75 Å². The van der Waals surface area contributed by atoms with E-state index in [-0.39, 0.29) is 11.5 Å². The third-order valence-corrected chi connectivity index (χ3v) is 4.68. The molecule has 1 aromatic carbocycles. The quantitative estimate of drug-likeness (QED) is 0.675. The molecule has 0 bridgehead atoms. The third kappa shape index (κ3) is 5.18. The van der Waals surface area contributed by atoms with E-state index in [2.05, 4.69) is 0 Å². The standard InChI is InChI=1S/C13H20O5S/c1-10-4-2-5-11(13(10)16)6-3-7-19(17,18)9-12(15)8-14/h2,4-5,12,14-16H,3,6-9H2,1H3. The zero-order chi connectivity index (χ0) is 14.5. The molecule has 1 aromatic rings. The van der Waals surface area contributed by atoms with Crippen LogP contribution in [0.3, 0.4) is 0 Å². The summed E-state index contributed by atoms with van der Waals surface area (Å²) in [5.41, 5.74) is 1.48. The fraction of sp³-hybridized carbons (Fsp3) is 0.538. The number of aryl methyl sites for hydroxylation is 2. The van der Waals surface area contributed by atoms with Crippen molar-refractivity contribution < 1.29 is 23.7 Å². The van der Waals surface area contributed by atoms with Crippen LogP contribution in [0.2, 0.25) is 0 Å². The maximum absolute atomic E-state index is 11.6. The molecule has 0 spiro atoms. The van der Waals surface area contributed by atoms with Gasteiger partial charge in [-0.2, -0.15) is 0 Å². The van der Waals surface area contributed by atoms with E-state index in [0.29, 0.717) is 12.8 Å². The molecule has 0 aliphatic rings. The molecule has 5 nitrogen and oxygen atoms in total. The van der Waals surface area contributed by atoms with Gasteiger partial charge in [0.2, 0.25) is 0 Å². The average Bonchev–Trinajstić information content (AvgIpc) is 2.33. The van der Waals surface area contributed by atoms with Gasteiger partial charge in [0.1, 0.15) is 5.75 Å². The van der Waals surface area contributed by atoms with Crippen molar-refractivity contribution in [3.05, 3.63) is 29.3 Å². The molecule has 3 N–H and O–H groups in total. The number of aromatic hydroxyl groups is 1. The number of hydrogen-bond acceptors (Lipinski definition) is 5. The Morgan fingerprint density at radius 2 is 2.00 bits per heavy atom. The summed E-state index contributed by atoms with van der Waals surface area (Å²) in [6.07, 6.45) is -0.392. The second-order valence-electron chi connectivity index (χ2n) is 4.64. The van der Waals surface area contributed by atoms with Gasteiger partial charge in [0.15, 0.2) is 9.84 Å². The molecule has 6 heteroatoms. The fourth-order valence-corrected chi connectivity index (χ4v) is 3.28. The lowest BCUT2D eigenvalue weighted by atomic mass is 10.1. The fourth-order valence-electron chi connectivity index (χ4n) is 1.83. The Labute approximate surface area is 113 Å². The van der Waals surface area contributed by atoms with Gasteiger partial charge in [-0.05, 0) is 30.9 Å². The molecule has 0 radical (unpaired) electrons. The van der Waals surface area contributed by atoms with E-state index in [0.717, 1.165) is 11.1 Å². The number of aliphatic hydroxyl groups excluding tert-OH is 2. The Balaban J connectivity index is 2.52. The summed E-state index contributed by atoms with van der Waals surface area (Å²) in [7, 11) is -3.38. The maximum Gasteiger partial charge on any atom is 0.152 e. The summed E-state index contributed by atoms with van der Waals surface area (Å²) >= 11 is 0. The minimum absolute atomic E-state index is 0.0720. The molecule has 0 saturated carbocycles. The van der Waals surface area contributed by atoms with Crippen molar-refractivity contribution >= 4 is 9.84 Å². The van der Waals surface area contributed by atoms with Crippen molar-refractivity contribution in [2.45, 2.75) is 25.9 Å². The van der Waals surface area contributed by atoms with E-state index in [1.807, 2.05) is 6.07 Å². The Bertz CT molecular complexity index is 510. The number of rotatable bonds is 7. The van der Waals surface area contributed by atoms with E-state index in [1.54, 1.807) is 19.1 Å². The lowest BCUT2D eigenvalue weighted by Crippen LogP contribution is -2.26. The Kier molecular flexibility index (Phi) is 5.78. The smallest absolute Gasteiger partial charge is 0.152 e. The predicted molar refractivity (Wildman–Crippen MR) is 72.9 cm³/mol. The van der Waals surface area contributed by atoms with Gasteiger partial charge >= 0.3 is 0 Å². The van der Waals surface area contributed by atoms with Crippen LogP contribution in [0.4, 0.5) is 0 Å². The lowest BCUT2D eigenvalue weighted by molar-refractivity contribution is 0.112. The van der Waals surface area contributed by atoms with Crippen LogP contribution >= 0.6 is 0 Å². The van der Waals surface area contributed by atoms with Crippen LogP contribution in [0.1, 0.15) is 17.5 Å². The first kappa shape index (κ1) is 15.9. The van der Waals surface area contributed by atoms with Crippen LogP contribution in [0.25, 0.3) is 0 Å². The molecule has 0 aliphatic carbocycles. The molecule has 0 amide bonds. The maximum atomic E-state index is 11.6. The highest BCUT2D eigenvalue weighted by Gasteiger charge is 2.16. The SMILES string of the molecule is Cc1cccc(CCCS(=O)(=O)CC(O)CO)c1O. The van der Waals surface area contributed by atoms with E-state index in [1.165, 1.54) is 0 Å². The second kappa shape index (κ2) is 6.88. The number of phenols is 1. The number of para-hydroxylation sites is 1. The number of aliphatic hydroxyl groups is 2. The highest BCUT2D eigenvalue weighted by molar-refractivity contribution is 7.91. The first-order chi connectivity index (χ1) is 8.85. The van der Waals surface area contributed by atoms with Gasteiger partial charge in [-0.1, -0.05) is 18.2 Å². The zero-order valence-corrected chi connectivity index (χ0v) is 11.7. The molecule has 1 atom stereocenters. The van der Waals surface area contributed by atoms with E-state index in [4.69, 9.17) is 10.2 Å². The van der Waals surface area contributed by atoms with Crippen molar-refractivity contribution in [2.24, 2.45) is 0 Å². The van der Waals surface area contributed by atoms with Gasteiger partial charge in [-0.15, -0.1) is 0 Å². The van der Waals surface area contributed by atoms with Crippen molar-refractivity contribution in [2.75, 3.05) is 18.1 Å². The van der Waals surface area contributed by atoms with Gasteiger partial charge in [0, 0.05) is 0 Å². The van der Waals surface area contributed by atoms with E-state index >= 15 is 0 Å². The highest BCUT2D eigenvalue weighted by Crippen LogP contribution is 2.22. The van der Waals surface area contributed by atoms with Crippen molar-refractivity contribution in [3.63, 3.8) is 0 Å². The molecule has 108 valence electrons. The minimum atomic E-state index is -3.38. The topological polar surface area (TPSA) is 94.8 Å². The van der Waals surface area contributed by atoms with Crippen LogP contribution in [0.15, 0.2) is 18.2 Å². The van der Waals surface area contributed by atoms with Crippen molar-refractivity contribution in [1.82, 2.24) is 0 Å². The second-order valence-corrected chi connectivity index (χ2v) is 6.87. The van der Waals surface area contributed by atoms with Crippen LogP contribution in [-0.4, -0.2) is 48.0 Å². The molecule has 1 rings (SSSR count). The Hall–Kier alpha value is -1.11. The summed E-state index contributed by atoms with van der Waals surface area (Å²) in [5, 5.41) is 27.5. The summed E-state index contributed by atoms with van der Waals surface area (Å²) in [4.78, 5) is 0. The molecule has 0 aromatic heterocycles. The molecule has 0 heterocycles. The van der Waals surface area contributed by atoms with Crippen LogP contribution in [0, 0.1) is 6.92 Å². The van der Waals surface area contributed by atoms with Gasteiger partial charge in [0.05, 0.1) is 24.2 Å². The van der Waals surface area contributed by atoms with Gasteiger partial charge in [0.25, 0.3) is 0 Å². The van der Waals surface area contributed by atoms with E-state index < -0.39 is 28.3 Å². The highest BCUT2D eigenvalue weighted by atomic mass is 32.2. The normalized spacial score (nSPS) is 13.4. The lowest BCUT2D eigenvalue weighted by Gasteiger charge is -2.09. The van der Waals surface area contributed by atoms with Gasteiger partial charge < -0.3 is 15.3 Å². The molecule has 0 aliphatic heterocycles. The monoisotopic (exact) mass is 288 g/mol. The minimum Gasteiger partial charge on any atom is -0.507 e. The summed E-state index contributed by atoms with van der Waals surface area (Å²) in [5.74, 6) is -0.295. The zero-order valence-electron chi connectivity index (χ0n) is 10.9. The Morgan fingerprint density at radius 1 is 1.32 bits per heavy atom. The van der Waals surface area contributed by atoms with Crippen molar-refractivity contribution in [1.29, 1.82) is 0 Å². The van der Waals surface area contributed by atoms with Crippen LogP contribution in [-0.2, 0) is 16.3 Å². The predicted octanol–water partition coefficient (Wildman–Crippen LogP) is 0.401. The molecule has 0 fully saturated rings. The van der Waals surface area contributed by atoms with Crippen LogP contribution < -0.4 is 0 Å². The number of hydrogen-bond donors (Lipinski definition) is 3. The van der Waals surface area contributed by atoms with Gasteiger partial charge in [-0.25, -0.2) is 8.42 Å². The summed E-state index contributed by atoms with van der Waals surface area (Å²) < 4.78 is 23.2.